The molecule has 16 heavy (non-hydrogen) atoms. The van der Waals surface area contributed by atoms with E-state index in [0.29, 0.717) is 10.6 Å². The zero-order valence-electron chi connectivity index (χ0n) is 9.86. The molecule has 0 radical (unpaired) electrons. The molecule has 0 heterocycles. The average Bonchev–Trinajstić information content (AvgIpc) is 2.24. The van der Waals surface area contributed by atoms with Crippen LogP contribution in [0, 0.1) is 0 Å². The van der Waals surface area contributed by atoms with Crippen LogP contribution in [0.4, 0.5) is 5.69 Å². The first-order valence-electron chi connectivity index (χ1n) is 5.58. The summed E-state index contributed by atoms with van der Waals surface area (Å²) in [5.41, 5.74) is 0.709. The number of para-hydroxylation sites is 1. The third-order valence-corrected chi connectivity index (χ3v) is 3.54. The summed E-state index contributed by atoms with van der Waals surface area (Å²) in [4.78, 5) is 0.381. The van der Waals surface area contributed by atoms with E-state index in [2.05, 4.69) is 12.2 Å². The minimum atomic E-state index is -3.14. The summed E-state index contributed by atoms with van der Waals surface area (Å²) in [7, 11) is -3.14. The van der Waals surface area contributed by atoms with Gasteiger partial charge in [-0.3, -0.25) is 0 Å². The summed E-state index contributed by atoms with van der Waals surface area (Å²) in [6.07, 6.45) is 4.62. The maximum Gasteiger partial charge on any atom is 0.177 e. The minimum absolute atomic E-state index is 0.381. The van der Waals surface area contributed by atoms with Gasteiger partial charge in [0.25, 0.3) is 0 Å². The van der Waals surface area contributed by atoms with Crippen molar-refractivity contribution in [3.8, 4) is 0 Å². The average molecular weight is 241 g/mol. The Hall–Kier alpha value is -1.03. The first-order chi connectivity index (χ1) is 7.55. The zero-order valence-corrected chi connectivity index (χ0v) is 10.7. The summed E-state index contributed by atoms with van der Waals surface area (Å²) in [6, 6.07) is 7.03. The quantitative estimate of drug-likeness (QED) is 0.779. The van der Waals surface area contributed by atoms with Gasteiger partial charge in [-0.15, -0.1) is 0 Å². The van der Waals surface area contributed by atoms with Gasteiger partial charge in [-0.25, -0.2) is 8.42 Å². The predicted octanol–water partition coefficient (Wildman–Crippen LogP) is 2.69. The van der Waals surface area contributed by atoms with E-state index in [4.69, 9.17) is 0 Å². The van der Waals surface area contributed by atoms with Gasteiger partial charge in [-0.1, -0.05) is 31.9 Å². The molecule has 90 valence electrons. The number of hydrogen-bond acceptors (Lipinski definition) is 3. The van der Waals surface area contributed by atoms with Crippen molar-refractivity contribution in [1.82, 2.24) is 0 Å². The molecule has 0 aliphatic carbocycles. The van der Waals surface area contributed by atoms with Crippen molar-refractivity contribution in [1.29, 1.82) is 0 Å². The van der Waals surface area contributed by atoms with Crippen LogP contribution < -0.4 is 5.32 Å². The van der Waals surface area contributed by atoms with E-state index in [9.17, 15) is 8.42 Å². The number of nitrogens with one attached hydrogen (secondary N) is 1. The molecule has 1 N–H and O–H groups in total. The lowest BCUT2D eigenvalue weighted by atomic mass is 10.2. The van der Waals surface area contributed by atoms with Gasteiger partial charge in [0.1, 0.15) is 0 Å². The van der Waals surface area contributed by atoms with E-state index in [1.54, 1.807) is 12.1 Å². The van der Waals surface area contributed by atoms with Gasteiger partial charge in [0.05, 0.1) is 10.6 Å². The van der Waals surface area contributed by atoms with E-state index in [1.807, 2.05) is 12.1 Å². The molecule has 1 aromatic rings. The molecule has 0 aliphatic heterocycles. The molecule has 0 saturated carbocycles. The van der Waals surface area contributed by atoms with Gasteiger partial charge < -0.3 is 5.32 Å². The van der Waals surface area contributed by atoms with E-state index in [1.165, 1.54) is 6.26 Å². The van der Waals surface area contributed by atoms with Crippen LogP contribution in [0.5, 0.6) is 0 Å². The highest BCUT2D eigenvalue weighted by Crippen LogP contribution is 2.20. The summed E-state index contributed by atoms with van der Waals surface area (Å²) in [6.45, 7) is 2.96. The van der Waals surface area contributed by atoms with Gasteiger partial charge in [0, 0.05) is 12.8 Å². The second-order valence-corrected chi connectivity index (χ2v) is 5.89. The Labute approximate surface area is 97.8 Å². The van der Waals surface area contributed by atoms with Gasteiger partial charge in [-0.2, -0.15) is 0 Å². The van der Waals surface area contributed by atoms with E-state index in [0.717, 1.165) is 25.8 Å². The SMILES string of the molecule is CCCCCNc1ccccc1S(C)(=O)=O. The highest BCUT2D eigenvalue weighted by atomic mass is 32.2. The van der Waals surface area contributed by atoms with Crippen molar-refractivity contribution < 1.29 is 8.42 Å². The molecule has 0 aliphatic rings. The Kier molecular flexibility index (Phi) is 4.80. The van der Waals surface area contributed by atoms with Crippen molar-refractivity contribution in [3.05, 3.63) is 24.3 Å². The van der Waals surface area contributed by atoms with Crippen molar-refractivity contribution in [2.75, 3.05) is 18.1 Å². The Morgan fingerprint density at radius 3 is 2.50 bits per heavy atom. The summed E-state index contributed by atoms with van der Waals surface area (Å²) in [5.74, 6) is 0. The van der Waals surface area contributed by atoms with Crippen LogP contribution in [0.15, 0.2) is 29.2 Å². The Balaban J connectivity index is 2.73. The summed E-state index contributed by atoms with van der Waals surface area (Å²) < 4.78 is 23.0. The van der Waals surface area contributed by atoms with Gasteiger partial charge >= 0.3 is 0 Å². The van der Waals surface area contributed by atoms with Crippen LogP contribution in [-0.2, 0) is 9.84 Å². The van der Waals surface area contributed by atoms with Crippen molar-refractivity contribution in [2.45, 2.75) is 31.1 Å². The van der Waals surface area contributed by atoms with Crippen molar-refractivity contribution in [3.63, 3.8) is 0 Å². The molecule has 0 saturated heterocycles. The second-order valence-electron chi connectivity index (χ2n) is 3.90. The van der Waals surface area contributed by atoms with Crippen LogP contribution >= 0.6 is 0 Å². The van der Waals surface area contributed by atoms with E-state index >= 15 is 0 Å². The smallest absolute Gasteiger partial charge is 0.177 e. The highest BCUT2D eigenvalue weighted by molar-refractivity contribution is 7.90. The number of unbranched alkanes of at least 4 members (excludes halogenated alkanes) is 2. The van der Waals surface area contributed by atoms with Crippen LogP contribution in [0.25, 0.3) is 0 Å². The second kappa shape index (κ2) is 5.89. The Morgan fingerprint density at radius 2 is 1.88 bits per heavy atom. The zero-order chi connectivity index (χ0) is 12.0. The summed E-state index contributed by atoms with van der Waals surface area (Å²) in [5, 5.41) is 3.18. The largest absolute Gasteiger partial charge is 0.384 e. The molecular formula is C12H19NO2S. The number of sulfone groups is 1. The molecule has 1 rings (SSSR count). The van der Waals surface area contributed by atoms with Crippen LogP contribution in [-0.4, -0.2) is 21.2 Å². The molecule has 1 aromatic carbocycles. The number of rotatable bonds is 6. The number of hydrogen-bond donors (Lipinski definition) is 1. The maximum atomic E-state index is 11.5. The summed E-state index contributed by atoms with van der Waals surface area (Å²) >= 11 is 0. The van der Waals surface area contributed by atoms with Crippen molar-refractivity contribution >= 4 is 15.5 Å². The molecular weight excluding hydrogens is 222 g/mol. The normalized spacial score (nSPS) is 11.4. The molecule has 0 bridgehead atoms. The fourth-order valence-corrected chi connectivity index (χ4v) is 2.40. The van der Waals surface area contributed by atoms with E-state index in [-0.39, 0.29) is 0 Å². The van der Waals surface area contributed by atoms with Crippen LogP contribution in [0.3, 0.4) is 0 Å². The first-order valence-corrected chi connectivity index (χ1v) is 7.48. The molecule has 0 atom stereocenters. The van der Waals surface area contributed by atoms with E-state index < -0.39 is 9.84 Å². The van der Waals surface area contributed by atoms with Crippen LogP contribution in [0.1, 0.15) is 26.2 Å². The van der Waals surface area contributed by atoms with Gasteiger partial charge in [0.15, 0.2) is 9.84 Å². The maximum absolute atomic E-state index is 11.5. The predicted molar refractivity (Wildman–Crippen MR) is 67.6 cm³/mol. The fraction of sp³-hybridized carbons (Fsp3) is 0.500. The Bertz CT molecular complexity index is 426. The number of benzene rings is 1. The molecule has 0 aromatic heterocycles. The van der Waals surface area contributed by atoms with Gasteiger partial charge in [-0.05, 0) is 18.6 Å². The lowest BCUT2D eigenvalue weighted by molar-refractivity contribution is 0.602. The van der Waals surface area contributed by atoms with Crippen LogP contribution in [0.2, 0.25) is 0 Å². The topological polar surface area (TPSA) is 46.2 Å². The fourth-order valence-electron chi connectivity index (χ4n) is 1.53. The lowest BCUT2D eigenvalue weighted by Crippen LogP contribution is -2.07. The number of anilines is 1. The third kappa shape index (κ3) is 3.85. The third-order valence-electron chi connectivity index (χ3n) is 2.38. The monoisotopic (exact) mass is 241 g/mol. The van der Waals surface area contributed by atoms with Crippen molar-refractivity contribution in [2.24, 2.45) is 0 Å². The standard InChI is InChI=1S/C12H19NO2S/c1-3-4-7-10-13-11-8-5-6-9-12(11)16(2,14)15/h5-6,8-9,13H,3-4,7,10H2,1-2H3. The minimum Gasteiger partial charge on any atom is -0.384 e. The molecule has 0 unspecified atom stereocenters. The lowest BCUT2D eigenvalue weighted by Gasteiger charge is -2.10. The molecule has 0 fully saturated rings. The molecule has 0 spiro atoms. The molecule has 4 heteroatoms. The Morgan fingerprint density at radius 1 is 1.19 bits per heavy atom. The highest BCUT2D eigenvalue weighted by Gasteiger charge is 2.11. The molecule has 0 amide bonds. The molecule has 3 nitrogen and oxygen atoms in total. The van der Waals surface area contributed by atoms with Gasteiger partial charge in [0.2, 0.25) is 0 Å². The first kappa shape index (κ1) is 13.0.